The molecular formula is C11H15BrClN3O3S. The number of likely N-dealkylation sites (N-methyl/N-ethyl adjacent to an activating group) is 1. The minimum atomic E-state index is -3.86. The number of halogens is 2. The Balaban J connectivity index is 2.93. The van der Waals surface area contributed by atoms with E-state index in [1.54, 1.807) is 0 Å². The summed E-state index contributed by atoms with van der Waals surface area (Å²) in [5, 5.41) is 2.48. The summed E-state index contributed by atoms with van der Waals surface area (Å²) < 4.78 is 26.1. The summed E-state index contributed by atoms with van der Waals surface area (Å²) in [5.41, 5.74) is 0. The van der Waals surface area contributed by atoms with Crippen LogP contribution in [0.1, 0.15) is 13.3 Å². The number of aromatic nitrogens is 1. The van der Waals surface area contributed by atoms with Crippen LogP contribution in [0, 0.1) is 0 Å². The molecule has 112 valence electrons. The molecule has 0 bridgehead atoms. The van der Waals surface area contributed by atoms with Gasteiger partial charge in [0.15, 0.2) is 0 Å². The third-order valence-electron chi connectivity index (χ3n) is 2.40. The molecule has 0 aliphatic carbocycles. The Morgan fingerprint density at radius 1 is 1.55 bits per heavy atom. The van der Waals surface area contributed by atoms with Crippen LogP contribution in [-0.4, -0.2) is 43.8 Å². The fourth-order valence-electron chi connectivity index (χ4n) is 1.36. The number of hydrogen-bond donors (Lipinski definition) is 1. The highest BCUT2D eigenvalue weighted by Gasteiger charge is 2.26. The van der Waals surface area contributed by atoms with Gasteiger partial charge in [0.2, 0.25) is 15.9 Å². The van der Waals surface area contributed by atoms with Gasteiger partial charge >= 0.3 is 0 Å². The number of sulfonamides is 1. The van der Waals surface area contributed by atoms with Crippen LogP contribution in [-0.2, 0) is 14.8 Å². The van der Waals surface area contributed by atoms with Crippen LogP contribution < -0.4 is 5.32 Å². The topological polar surface area (TPSA) is 79.4 Å². The normalized spacial score (nSPS) is 11.7. The van der Waals surface area contributed by atoms with Crippen LogP contribution in [0.25, 0.3) is 0 Å². The molecule has 0 unspecified atom stereocenters. The molecule has 6 nitrogen and oxygen atoms in total. The Hall–Kier alpha value is -0.700. The molecule has 0 atom stereocenters. The number of nitrogens with zero attached hydrogens (tertiary/aromatic N) is 2. The largest absolute Gasteiger partial charge is 0.355 e. The maximum atomic E-state index is 12.3. The molecular weight excluding hydrogens is 370 g/mol. The highest BCUT2D eigenvalue weighted by molar-refractivity contribution is 9.10. The Morgan fingerprint density at radius 2 is 2.20 bits per heavy atom. The van der Waals surface area contributed by atoms with Gasteiger partial charge < -0.3 is 5.32 Å². The zero-order valence-electron chi connectivity index (χ0n) is 11.1. The summed E-state index contributed by atoms with van der Waals surface area (Å²) in [6.07, 6.45) is 2.18. The number of amides is 1. The van der Waals surface area contributed by atoms with Crippen LogP contribution in [0.5, 0.6) is 0 Å². The van der Waals surface area contributed by atoms with Crippen LogP contribution in [0.15, 0.2) is 21.6 Å². The van der Waals surface area contributed by atoms with E-state index in [1.165, 1.54) is 19.3 Å². The van der Waals surface area contributed by atoms with Gasteiger partial charge in [0.25, 0.3) is 0 Å². The third-order valence-corrected chi connectivity index (χ3v) is 5.06. The molecule has 0 aliphatic heterocycles. The first-order valence-electron chi connectivity index (χ1n) is 5.83. The minimum absolute atomic E-state index is 0.131. The molecule has 0 aliphatic rings. The molecule has 1 aromatic heterocycles. The molecule has 1 aromatic rings. The van der Waals surface area contributed by atoms with Crippen molar-refractivity contribution < 1.29 is 13.2 Å². The maximum absolute atomic E-state index is 12.3. The molecule has 1 rings (SSSR count). The second kappa shape index (κ2) is 7.35. The molecule has 20 heavy (non-hydrogen) atoms. The van der Waals surface area contributed by atoms with E-state index in [9.17, 15) is 13.2 Å². The van der Waals surface area contributed by atoms with Gasteiger partial charge in [0.1, 0.15) is 10.0 Å². The lowest BCUT2D eigenvalue weighted by Crippen LogP contribution is -2.38. The van der Waals surface area contributed by atoms with Crippen LogP contribution in [0.3, 0.4) is 0 Å². The molecule has 0 radical (unpaired) electrons. The lowest BCUT2D eigenvalue weighted by Gasteiger charge is -2.17. The van der Waals surface area contributed by atoms with Crippen molar-refractivity contribution in [1.29, 1.82) is 0 Å². The lowest BCUT2D eigenvalue weighted by molar-refractivity contribution is -0.121. The molecule has 0 saturated heterocycles. The van der Waals surface area contributed by atoms with Crippen molar-refractivity contribution >= 4 is 43.5 Å². The zero-order chi connectivity index (χ0) is 15.3. The Morgan fingerprint density at radius 3 is 2.80 bits per heavy atom. The standard InChI is InChI=1S/C11H15BrClN3O3S/c1-3-4-14-10(17)7-16(2)20(18,19)9-5-8(12)6-15-11(9)13/h5-6H,3-4,7H2,1-2H3,(H,14,17). The fraction of sp³-hybridized carbons (Fsp3) is 0.455. The summed E-state index contributed by atoms with van der Waals surface area (Å²) in [6, 6.07) is 1.35. The molecule has 1 amide bonds. The number of nitrogens with one attached hydrogen (secondary N) is 1. The Bertz CT molecular complexity index is 595. The van der Waals surface area contributed by atoms with Gasteiger partial charge in [0, 0.05) is 24.3 Å². The quantitative estimate of drug-likeness (QED) is 0.756. The van der Waals surface area contributed by atoms with Crippen molar-refractivity contribution in [2.24, 2.45) is 0 Å². The van der Waals surface area contributed by atoms with Gasteiger partial charge in [0.05, 0.1) is 6.54 Å². The van der Waals surface area contributed by atoms with Crippen molar-refractivity contribution in [3.63, 3.8) is 0 Å². The first-order valence-corrected chi connectivity index (χ1v) is 8.44. The number of hydrogen-bond acceptors (Lipinski definition) is 4. The summed E-state index contributed by atoms with van der Waals surface area (Å²) in [6.45, 7) is 2.14. The van der Waals surface area contributed by atoms with Crippen LogP contribution in [0.2, 0.25) is 5.15 Å². The molecule has 1 heterocycles. The van der Waals surface area contributed by atoms with Crippen molar-refractivity contribution in [3.05, 3.63) is 21.9 Å². The van der Waals surface area contributed by atoms with E-state index in [4.69, 9.17) is 11.6 Å². The van der Waals surface area contributed by atoms with Crippen molar-refractivity contribution in [1.82, 2.24) is 14.6 Å². The van der Waals surface area contributed by atoms with Gasteiger partial charge in [-0.05, 0) is 28.4 Å². The average Bonchev–Trinajstić information content (AvgIpc) is 2.38. The van der Waals surface area contributed by atoms with E-state index in [2.05, 4.69) is 26.2 Å². The van der Waals surface area contributed by atoms with Crippen molar-refractivity contribution in [2.45, 2.75) is 18.2 Å². The van der Waals surface area contributed by atoms with E-state index >= 15 is 0 Å². The summed E-state index contributed by atoms with van der Waals surface area (Å²) in [7, 11) is -2.55. The molecule has 1 N–H and O–H groups in total. The van der Waals surface area contributed by atoms with E-state index in [0.29, 0.717) is 11.0 Å². The van der Waals surface area contributed by atoms with E-state index in [-0.39, 0.29) is 22.5 Å². The molecule has 0 fully saturated rings. The smallest absolute Gasteiger partial charge is 0.246 e. The Kier molecular flexibility index (Phi) is 6.38. The van der Waals surface area contributed by atoms with Crippen LogP contribution >= 0.6 is 27.5 Å². The first kappa shape index (κ1) is 17.4. The first-order chi connectivity index (χ1) is 9.28. The molecule has 0 saturated carbocycles. The predicted molar refractivity (Wildman–Crippen MR) is 80.1 cm³/mol. The monoisotopic (exact) mass is 383 g/mol. The number of rotatable bonds is 6. The zero-order valence-corrected chi connectivity index (χ0v) is 14.2. The summed E-state index contributed by atoms with van der Waals surface area (Å²) in [4.78, 5) is 15.2. The summed E-state index contributed by atoms with van der Waals surface area (Å²) >= 11 is 8.95. The highest BCUT2D eigenvalue weighted by Crippen LogP contribution is 2.24. The van der Waals surface area contributed by atoms with Gasteiger partial charge in [-0.25, -0.2) is 13.4 Å². The highest BCUT2D eigenvalue weighted by atomic mass is 79.9. The lowest BCUT2D eigenvalue weighted by atomic mass is 10.4. The van der Waals surface area contributed by atoms with Gasteiger partial charge in [-0.3, -0.25) is 4.79 Å². The summed E-state index contributed by atoms with van der Waals surface area (Å²) in [5.74, 6) is -0.364. The predicted octanol–water partition coefficient (Wildman–Crippen LogP) is 1.64. The fourth-order valence-corrected chi connectivity index (χ4v) is 3.40. The second-order valence-corrected chi connectivity index (χ2v) is 7.34. The van der Waals surface area contributed by atoms with Crippen molar-refractivity contribution in [2.75, 3.05) is 20.1 Å². The van der Waals surface area contributed by atoms with Gasteiger partial charge in [-0.1, -0.05) is 18.5 Å². The average molecular weight is 385 g/mol. The van der Waals surface area contributed by atoms with E-state index < -0.39 is 10.0 Å². The molecule has 9 heteroatoms. The number of carbonyl (C=O) groups excluding carboxylic acids is 1. The number of carbonyl (C=O) groups is 1. The molecule has 0 spiro atoms. The maximum Gasteiger partial charge on any atom is 0.246 e. The van der Waals surface area contributed by atoms with Gasteiger partial charge in [-0.2, -0.15) is 4.31 Å². The van der Waals surface area contributed by atoms with Gasteiger partial charge in [-0.15, -0.1) is 0 Å². The Labute approximate surface area is 131 Å². The second-order valence-electron chi connectivity index (χ2n) is 4.05. The van der Waals surface area contributed by atoms with Crippen LogP contribution in [0.4, 0.5) is 0 Å². The third kappa shape index (κ3) is 4.41. The van der Waals surface area contributed by atoms with E-state index in [1.807, 2.05) is 6.92 Å². The number of pyridine rings is 1. The van der Waals surface area contributed by atoms with Crippen molar-refractivity contribution in [3.8, 4) is 0 Å². The minimum Gasteiger partial charge on any atom is -0.355 e. The SMILES string of the molecule is CCCNC(=O)CN(C)S(=O)(=O)c1cc(Br)cnc1Cl. The van der Waals surface area contributed by atoms with E-state index in [0.717, 1.165) is 10.7 Å². The molecule has 0 aromatic carbocycles.